The van der Waals surface area contributed by atoms with E-state index in [1.54, 1.807) is 18.3 Å². The minimum absolute atomic E-state index is 0.0626. The van der Waals surface area contributed by atoms with Gasteiger partial charge in [-0.15, -0.1) is 0 Å². The second-order valence-corrected chi connectivity index (χ2v) is 6.52. The molecule has 9 heteroatoms. The predicted octanol–water partition coefficient (Wildman–Crippen LogP) is 4.65. The Labute approximate surface area is 158 Å². The maximum absolute atomic E-state index is 11.6. The van der Waals surface area contributed by atoms with Gasteiger partial charge < -0.3 is 10.6 Å². The van der Waals surface area contributed by atoms with Gasteiger partial charge in [0.15, 0.2) is 0 Å². The fourth-order valence-electron chi connectivity index (χ4n) is 2.30. The Morgan fingerprint density at radius 1 is 1.04 bits per heavy atom. The first-order valence-corrected chi connectivity index (χ1v) is 8.45. The van der Waals surface area contributed by atoms with Crippen LogP contribution in [0.15, 0.2) is 47.3 Å². The number of nitro groups is 1. The van der Waals surface area contributed by atoms with Crippen molar-refractivity contribution in [2.24, 2.45) is 0 Å². The normalized spacial score (nSPS) is 10.4. The molecule has 0 fully saturated rings. The van der Waals surface area contributed by atoms with Gasteiger partial charge in [0, 0.05) is 16.4 Å². The lowest BCUT2D eigenvalue weighted by atomic mass is 10.1. The van der Waals surface area contributed by atoms with Crippen LogP contribution in [0, 0.1) is 24.0 Å². The molecule has 0 radical (unpaired) electrons. The molecule has 0 saturated carbocycles. The van der Waals surface area contributed by atoms with Gasteiger partial charge in [0.2, 0.25) is 11.6 Å². The fraction of sp³-hybridized carbons (Fsp3) is 0.118. The van der Waals surface area contributed by atoms with E-state index in [4.69, 9.17) is 0 Å². The predicted molar refractivity (Wildman–Crippen MR) is 103 cm³/mol. The summed E-state index contributed by atoms with van der Waals surface area (Å²) in [4.78, 5) is 23.3. The van der Waals surface area contributed by atoms with Crippen molar-refractivity contribution in [3.8, 4) is 0 Å². The molecule has 2 heterocycles. The van der Waals surface area contributed by atoms with E-state index in [0.29, 0.717) is 5.82 Å². The molecular formula is C17H15BrN6O2. The molecular weight excluding hydrogens is 400 g/mol. The van der Waals surface area contributed by atoms with E-state index in [2.05, 4.69) is 41.5 Å². The molecule has 0 saturated heterocycles. The molecule has 0 aliphatic carbocycles. The third kappa shape index (κ3) is 3.94. The van der Waals surface area contributed by atoms with Crippen LogP contribution >= 0.6 is 15.9 Å². The number of rotatable bonds is 5. The molecule has 0 spiro atoms. The summed E-state index contributed by atoms with van der Waals surface area (Å²) in [5.74, 6) is 0.610. The molecule has 0 aliphatic heterocycles. The number of aryl methyl sites for hydroxylation is 2. The molecule has 3 rings (SSSR count). The highest BCUT2D eigenvalue weighted by Gasteiger charge is 2.24. The second kappa shape index (κ2) is 7.44. The van der Waals surface area contributed by atoms with Crippen molar-refractivity contribution < 1.29 is 4.92 Å². The van der Waals surface area contributed by atoms with Crippen LogP contribution in [0.1, 0.15) is 11.1 Å². The molecule has 2 aromatic heterocycles. The van der Waals surface area contributed by atoms with Crippen molar-refractivity contribution in [1.82, 2.24) is 15.0 Å². The molecule has 0 amide bonds. The first-order valence-electron chi connectivity index (χ1n) is 7.66. The SMILES string of the molecule is Cc1ccc(C)c(Nc2ncnc(Nc3ccc(Br)cn3)c2[N+](=O)[O-])c1. The van der Waals surface area contributed by atoms with E-state index in [-0.39, 0.29) is 17.3 Å². The van der Waals surface area contributed by atoms with Gasteiger partial charge in [-0.3, -0.25) is 10.1 Å². The number of aromatic nitrogens is 3. The van der Waals surface area contributed by atoms with Crippen LogP contribution in [0.5, 0.6) is 0 Å². The summed E-state index contributed by atoms with van der Waals surface area (Å²) in [5, 5.41) is 17.6. The van der Waals surface area contributed by atoms with Crippen molar-refractivity contribution in [3.05, 3.63) is 68.6 Å². The van der Waals surface area contributed by atoms with Crippen molar-refractivity contribution in [3.63, 3.8) is 0 Å². The van der Waals surface area contributed by atoms with Crippen molar-refractivity contribution in [2.75, 3.05) is 10.6 Å². The first kappa shape index (κ1) is 17.7. The van der Waals surface area contributed by atoms with Crippen LogP contribution in [0.3, 0.4) is 0 Å². The van der Waals surface area contributed by atoms with Crippen molar-refractivity contribution in [1.29, 1.82) is 0 Å². The highest BCUT2D eigenvalue weighted by atomic mass is 79.9. The average molecular weight is 415 g/mol. The molecule has 3 aromatic rings. The summed E-state index contributed by atoms with van der Waals surface area (Å²) in [7, 11) is 0. The molecule has 2 N–H and O–H groups in total. The second-order valence-electron chi connectivity index (χ2n) is 5.61. The first-order chi connectivity index (χ1) is 12.4. The average Bonchev–Trinajstić information content (AvgIpc) is 2.60. The van der Waals surface area contributed by atoms with Crippen LogP contribution in [0.25, 0.3) is 0 Å². The maximum atomic E-state index is 11.6. The standard InChI is InChI=1S/C17H15BrN6O2/c1-10-3-4-11(2)13(7-10)22-16-15(24(25)26)17(21-9-20-16)23-14-6-5-12(18)8-19-14/h3-9H,1-2H3,(H2,19,20,21,22,23). The zero-order valence-electron chi connectivity index (χ0n) is 14.0. The zero-order valence-corrected chi connectivity index (χ0v) is 15.6. The van der Waals surface area contributed by atoms with Crippen LogP contribution < -0.4 is 10.6 Å². The van der Waals surface area contributed by atoms with Gasteiger partial charge in [-0.2, -0.15) is 0 Å². The Kier molecular flexibility index (Phi) is 5.08. The van der Waals surface area contributed by atoms with E-state index in [1.165, 1.54) is 6.33 Å². The number of halogens is 1. The summed E-state index contributed by atoms with van der Waals surface area (Å²) in [6.07, 6.45) is 2.85. The highest BCUT2D eigenvalue weighted by molar-refractivity contribution is 9.10. The lowest BCUT2D eigenvalue weighted by molar-refractivity contribution is -0.383. The minimum Gasteiger partial charge on any atom is -0.334 e. The summed E-state index contributed by atoms with van der Waals surface area (Å²) < 4.78 is 0.803. The van der Waals surface area contributed by atoms with Gasteiger partial charge in [-0.1, -0.05) is 12.1 Å². The lowest BCUT2D eigenvalue weighted by Gasteiger charge is -2.12. The van der Waals surface area contributed by atoms with Gasteiger partial charge in [-0.05, 0) is 59.1 Å². The highest BCUT2D eigenvalue weighted by Crippen LogP contribution is 2.33. The Morgan fingerprint density at radius 2 is 1.77 bits per heavy atom. The van der Waals surface area contributed by atoms with E-state index in [0.717, 1.165) is 21.3 Å². The maximum Gasteiger partial charge on any atom is 0.353 e. The van der Waals surface area contributed by atoms with Crippen LogP contribution in [0.2, 0.25) is 0 Å². The van der Waals surface area contributed by atoms with Crippen molar-refractivity contribution >= 4 is 44.8 Å². The Balaban J connectivity index is 1.99. The number of anilines is 4. The van der Waals surface area contributed by atoms with Gasteiger partial charge in [-0.25, -0.2) is 15.0 Å². The smallest absolute Gasteiger partial charge is 0.334 e. The lowest BCUT2D eigenvalue weighted by Crippen LogP contribution is -2.06. The largest absolute Gasteiger partial charge is 0.353 e. The summed E-state index contributed by atoms with van der Waals surface area (Å²) in [5.41, 5.74) is 2.48. The van der Waals surface area contributed by atoms with E-state index >= 15 is 0 Å². The molecule has 132 valence electrons. The minimum atomic E-state index is -0.519. The van der Waals surface area contributed by atoms with Gasteiger partial charge in [0.1, 0.15) is 12.1 Å². The monoisotopic (exact) mass is 414 g/mol. The number of pyridine rings is 1. The van der Waals surface area contributed by atoms with Gasteiger partial charge in [0.05, 0.1) is 4.92 Å². The number of nitrogens with one attached hydrogen (secondary N) is 2. The summed E-state index contributed by atoms with van der Waals surface area (Å²) in [6, 6.07) is 9.28. The van der Waals surface area contributed by atoms with E-state index in [1.807, 2.05) is 32.0 Å². The van der Waals surface area contributed by atoms with Crippen LogP contribution in [0.4, 0.5) is 28.8 Å². The molecule has 0 atom stereocenters. The molecule has 0 bridgehead atoms. The Hall–Kier alpha value is -3.07. The van der Waals surface area contributed by atoms with E-state index < -0.39 is 4.92 Å². The number of hydrogen-bond donors (Lipinski definition) is 2. The summed E-state index contributed by atoms with van der Waals surface area (Å²) >= 11 is 3.30. The van der Waals surface area contributed by atoms with Gasteiger partial charge >= 0.3 is 5.69 Å². The number of nitrogens with zero attached hydrogens (tertiary/aromatic N) is 4. The van der Waals surface area contributed by atoms with Gasteiger partial charge in [0.25, 0.3) is 0 Å². The topological polar surface area (TPSA) is 106 Å². The Morgan fingerprint density at radius 3 is 2.42 bits per heavy atom. The Bertz CT molecular complexity index is 962. The quantitative estimate of drug-likeness (QED) is 0.462. The molecule has 1 aromatic carbocycles. The van der Waals surface area contributed by atoms with Crippen molar-refractivity contribution in [2.45, 2.75) is 13.8 Å². The number of hydrogen-bond acceptors (Lipinski definition) is 7. The molecule has 8 nitrogen and oxygen atoms in total. The molecule has 0 unspecified atom stereocenters. The molecule has 26 heavy (non-hydrogen) atoms. The fourth-order valence-corrected chi connectivity index (χ4v) is 2.54. The number of benzene rings is 1. The third-order valence-corrected chi connectivity index (χ3v) is 4.09. The summed E-state index contributed by atoms with van der Waals surface area (Å²) in [6.45, 7) is 3.87. The molecule has 0 aliphatic rings. The van der Waals surface area contributed by atoms with E-state index in [9.17, 15) is 10.1 Å². The van der Waals surface area contributed by atoms with Crippen LogP contribution in [-0.2, 0) is 0 Å². The van der Waals surface area contributed by atoms with Crippen LogP contribution in [-0.4, -0.2) is 19.9 Å². The third-order valence-electron chi connectivity index (χ3n) is 3.62. The zero-order chi connectivity index (χ0) is 18.7.